The molecule has 1 fully saturated rings. The maximum Gasteiger partial charge on any atom is 0.227 e. The molecule has 0 N–H and O–H groups in total. The predicted molar refractivity (Wildman–Crippen MR) is 73.6 cm³/mol. The Morgan fingerprint density at radius 1 is 1.61 bits per heavy atom. The van der Waals surface area contributed by atoms with Gasteiger partial charge in [0.25, 0.3) is 0 Å². The van der Waals surface area contributed by atoms with E-state index < -0.39 is 5.82 Å². The fourth-order valence-corrected chi connectivity index (χ4v) is 2.44. The number of halogens is 2. The molecule has 0 bridgehead atoms. The first kappa shape index (κ1) is 13.1. The summed E-state index contributed by atoms with van der Waals surface area (Å²) in [5, 5.41) is 3.46. The van der Waals surface area contributed by atoms with Crippen LogP contribution in [0, 0.1) is 15.3 Å². The zero-order chi connectivity index (χ0) is 13.1. The number of carbonyl (C=O) groups is 1. The lowest BCUT2D eigenvalue weighted by molar-refractivity contribution is -0.117. The van der Waals surface area contributed by atoms with Crippen LogP contribution in [-0.2, 0) is 4.79 Å². The molecule has 1 aromatic rings. The van der Waals surface area contributed by atoms with Crippen molar-refractivity contribution in [3.63, 3.8) is 0 Å². The van der Waals surface area contributed by atoms with Crippen molar-refractivity contribution < 1.29 is 9.18 Å². The highest BCUT2D eigenvalue weighted by Gasteiger charge is 2.31. The molecular weight excluding hydrogens is 350 g/mol. The van der Waals surface area contributed by atoms with Crippen LogP contribution in [0.2, 0.25) is 0 Å². The van der Waals surface area contributed by atoms with Gasteiger partial charge in [-0.2, -0.15) is 0 Å². The molecule has 1 unspecified atom stereocenters. The molecule has 1 atom stereocenters. The van der Waals surface area contributed by atoms with Gasteiger partial charge in [-0.1, -0.05) is 5.11 Å². The topological polar surface area (TPSA) is 69.1 Å². The number of rotatable bonds is 3. The lowest BCUT2D eigenvalue weighted by Gasteiger charge is -2.17. The van der Waals surface area contributed by atoms with Crippen molar-refractivity contribution in [1.29, 1.82) is 0 Å². The molecule has 94 valence electrons. The fraction of sp³-hybridized carbons (Fsp3) is 0.364. The number of benzene rings is 1. The van der Waals surface area contributed by atoms with E-state index in [-0.39, 0.29) is 18.4 Å². The Kier molecular flexibility index (Phi) is 4.03. The Hall–Kier alpha value is -1.34. The van der Waals surface area contributed by atoms with Crippen LogP contribution in [0.4, 0.5) is 10.1 Å². The highest BCUT2D eigenvalue weighted by molar-refractivity contribution is 14.1. The maximum atomic E-state index is 13.8. The second kappa shape index (κ2) is 5.53. The van der Waals surface area contributed by atoms with Crippen molar-refractivity contribution >= 4 is 34.2 Å². The molecule has 1 saturated heterocycles. The van der Waals surface area contributed by atoms with E-state index in [9.17, 15) is 9.18 Å². The summed E-state index contributed by atoms with van der Waals surface area (Å²) >= 11 is 2.01. The number of amides is 1. The quantitative estimate of drug-likeness (QED) is 0.354. The number of azide groups is 1. The van der Waals surface area contributed by atoms with E-state index in [4.69, 9.17) is 5.53 Å². The number of hydrogen-bond acceptors (Lipinski definition) is 2. The van der Waals surface area contributed by atoms with Gasteiger partial charge in [0.05, 0.1) is 5.69 Å². The summed E-state index contributed by atoms with van der Waals surface area (Å²) in [5.74, 6) is -0.569. The molecule has 18 heavy (non-hydrogen) atoms. The smallest absolute Gasteiger partial charge is 0.227 e. The SMILES string of the molecule is [N-]=[N+]=NCC1CC(=O)N(c2ccc(I)cc2F)C1. The van der Waals surface area contributed by atoms with Crippen LogP contribution >= 0.6 is 22.6 Å². The monoisotopic (exact) mass is 360 g/mol. The third-order valence-corrected chi connectivity index (χ3v) is 3.48. The van der Waals surface area contributed by atoms with Gasteiger partial charge in [-0.05, 0) is 52.2 Å². The van der Waals surface area contributed by atoms with Crippen LogP contribution in [0.3, 0.4) is 0 Å². The Bertz CT molecular complexity index is 530. The molecule has 1 amide bonds. The number of anilines is 1. The zero-order valence-electron chi connectivity index (χ0n) is 9.38. The van der Waals surface area contributed by atoms with E-state index in [1.54, 1.807) is 12.1 Å². The molecule has 0 aromatic heterocycles. The molecule has 0 aliphatic carbocycles. The molecule has 0 spiro atoms. The van der Waals surface area contributed by atoms with Crippen molar-refractivity contribution in [3.05, 3.63) is 38.0 Å². The van der Waals surface area contributed by atoms with Gasteiger partial charge in [-0.3, -0.25) is 4.79 Å². The molecule has 1 aliphatic rings. The van der Waals surface area contributed by atoms with Gasteiger partial charge < -0.3 is 4.90 Å². The van der Waals surface area contributed by atoms with Crippen molar-refractivity contribution in [2.45, 2.75) is 6.42 Å². The summed E-state index contributed by atoms with van der Waals surface area (Å²) in [7, 11) is 0. The number of nitrogens with zero attached hydrogens (tertiary/aromatic N) is 4. The predicted octanol–water partition coefficient (Wildman–Crippen LogP) is 3.09. The van der Waals surface area contributed by atoms with Crippen LogP contribution in [0.1, 0.15) is 6.42 Å². The van der Waals surface area contributed by atoms with Crippen LogP contribution < -0.4 is 4.90 Å². The zero-order valence-corrected chi connectivity index (χ0v) is 11.5. The highest BCUT2D eigenvalue weighted by atomic mass is 127. The highest BCUT2D eigenvalue weighted by Crippen LogP contribution is 2.28. The maximum absolute atomic E-state index is 13.8. The standard InChI is InChI=1S/C11H10FIN4O/c12-9-4-8(13)1-2-10(9)17-6-7(3-11(17)18)5-15-16-14/h1-2,4,7H,3,5-6H2. The van der Waals surface area contributed by atoms with Gasteiger partial charge >= 0.3 is 0 Å². The van der Waals surface area contributed by atoms with Crippen LogP contribution in [0.5, 0.6) is 0 Å². The summed E-state index contributed by atoms with van der Waals surface area (Å²) < 4.78 is 14.6. The van der Waals surface area contributed by atoms with E-state index in [0.717, 1.165) is 3.57 Å². The Labute approximate surface area is 117 Å². The van der Waals surface area contributed by atoms with E-state index in [2.05, 4.69) is 10.0 Å². The first-order valence-corrected chi connectivity index (χ1v) is 6.46. The average molecular weight is 360 g/mol. The lowest BCUT2D eigenvalue weighted by atomic mass is 10.1. The Morgan fingerprint density at radius 3 is 3.06 bits per heavy atom. The van der Waals surface area contributed by atoms with Crippen LogP contribution in [0.15, 0.2) is 23.3 Å². The van der Waals surface area contributed by atoms with Crippen LogP contribution in [0.25, 0.3) is 10.4 Å². The van der Waals surface area contributed by atoms with Gasteiger partial charge in [0, 0.05) is 28.0 Å². The first-order valence-electron chi connectivity index (χ1n) is 5.38. The van der Waals surface area contributed by atoms with Crippen LogP contribution in [-0.4, -0.2) is 19.0 Å². The summed E-state index contributed by atoms with van der Waals surface area (Å²) in [6.07, 6.45) is 0.296. The summed E-state index contributed by atoms with van der Waals surface area (Å²) in [6, 6.07) is 4.75. The Balaban J connectivity index is 2.18. The van der Waals surface area contributed by atoms with Gasteiger partial charge in [-0.25, -0.2) is 4.39 Å². The largest absolute Gasteiger partial charge is 0.309 e. The summed E-state index contributed by atoms with van der Waals surface area (Å²) in [5.41, 5.74) is 8.54. The molecule has 0 radical (unpaired) electrons. The van der Waals surface area contributed by atoms with E-state index in [1.807, 2.05) is 22.6 Å². The minimum absolute atomic E-state index is 0.0351. The lowest BCUT2D eigenvalue weighted by Crippen LogP contribution is -2.25. The first-order chi connectivity index (χ1) is 8.61. The minimum atomic E-state index is -0.403. The van der Waals surface area contributed by atoms with Crippen molar-refractivity contribution in [1.82, 2.24) is 0 Å². The second-order valence-electron chi connectivity index (χ2n) is 4.08. The van der Waals surface area contributed by atoms with Gasteiger partial charge in [-0.15, -0.1) is 0 Å². The molecule has 7 heteroatoms. The second-order valence-corrected chi connectivity index (χ2v) is 5.33. The molecule has 2 rings (SSSR count). The van der Waals surface area contributed by atoms with Gasteiger partial charge in [0.2, 0.25) is 5.91 Å². The summed E-state index contributed by atoms with van der Waals surface area (Å²) in [4.78, 5) is 15.9. The third-order valence-electron chi connectivity index (χ3n) is 2.81. The normalized spacial score (nSPS) is 18.9. The Morgan fingerprint density at radius 2 is 2.39 bits per heavy atom. The molecule has 1 aromatic carbocycles. The van der Waals surface area contributed by atoms with Crippen molar-refractivity contribution in [2.75, 3.05) is 18.0 Å². The molecule has 5 nitrogen and oxygen atoms in total. The molecular formula is C11H10FIN4O. The molecule has 0 saturated carbocycles. The van der Waals surface area contributed by atoms with Crippen molar-refractivity contribution in [2.24, 2.45) is 11.0 Å². The van der Waals surface area contributed by atoms with Crippen molar-refractivity contribution in [3.8, 4) is 0 Å². The number of carbonyl (C=O) groups excluding carboxylic acids is 1. The van der Waals surface area contributed by atoms with E-state index in [0.29, 0.717) is 18.7 Å². The number of hydrogen-bond donors (Lipinski definition) is 0. The minimum Gasteiger partial charge on any atom is -0.309 e. The fourth-order valence-electron chi connectivity index (χ4n) is 1.99. The average Bonchev–Trinajstić information content (AvgIpc) is 2.68. The molecule has 1 aliphatic heterocycles. The third kappa shape index (κ3) is 2.73. The summed E-state index contributed by atoms with van der Waals surface area (Å²) in [6.45, 7) is 0.667. The van der Waals surface area contributed by atoms with Gasteiger partial charge in [0.15, 0.2) is 0 Å². The van der Waals surface area contributed by atoms with E-state index in [1.165, 1.54) is 11.0 Å². The van der Waals surface area contributed by atoms with E-state index >= 15 is 0 Å². The molecule has 1 heterocycles. The van der Waals surface area contributed by atoms with Gasteiger partial charge in [0.1, 0.15) is 5.82 Å².